The summed E-state index contributed by atoms with van der Waals surface area (Å²) in [5, 5.41) is 17.1. The molecule has 12 heteroatoms. The van der Waals surface area contributed by atoms with E-state index in [1.54, 1.807) is 19.3 Å². The summed E-state index contributed by atoms with van der Waals surface area (Å²) >= 11 is 0. The molecular weight excluding hydrogens is 696 g/mol. The number of fused-ring (bicyclic) bond motifs is 3. The molecule has 1 aliphatic carbocycles. The van der Waals surface area contributed by atoms with Crippen molar-refractivity contribution in [3.05, 3.63) is 65.2 Å². The average Bonchev–Trinajstić information content (AvgIpc) is 3.70. The molecule has 0 radical (unpaired) electrons. The summed E-state index contributed by atoms with van der Waals surface area (Å²) in [6.45, 7) is 13.7. The monoisotopic (exact) mass is 750 g/mol. The molecule has 0 bridgehead atoms. The number of carbonyl (C=O) groups is 2. The van der Waals surface area contributed by atoms with Crippen LogP contribution in [-0.4, -0.2) is 86.1 Å². The number of nitrogens with one attached hydrogen (secondary N) is 2. The normalized spacial score (nSPS) is 21.7. The van der Waals surface area contributed by atoms with E-state index in [4.69, 9.17) is 9.97 Å². The van der Waals surface area contributed by atoms with Gasteiger partial charge in [-0.2, -0.15) is 0 Å². The van der Waals surface area contributed by atoms with Crippen molar-refractivity contribution >= 4 is 40.0 Å². The van der Waals surface area contributed by atoms with Gasteiger partial charge >= 0.3 is 0 Å². The summed E-state index contributed by atoms with van der Waals surface area (Å²) in [5.74, 6) is 0.300. The minimum absolute atomic E-state index is 0.0678. The van der Waals surface area contributed by atoms with Crippen LogP contribution in [0.5, 0.6) is 0 Å². The van der Waals surface area contributed by atoms with Gasteiger partial charge in [-0.05, 0) is 114 Å². The highest BCUT2D eigenvalue weighted by Gasteiger charge is 2.55. The minimum Gasteiger partial charge on any atom is -0.374 e. The van der Waals surface area contributed by atoms with E-state index in [2.05, 4.69) is 46.4 Å². The van der Waals surface area contributed by atoms with Gasteiger partial charge in [-0.25, -0.2) is 14.4 Å². The van der Waals surface area contributed by atoms with Gasteiger partial charge < -0.3 is 29.7 Å². The maximum absolute atomic E-state index is 15.7. The van der Waals surface area contributed by atoms with Crippen molar-refractivity contribution in [1.82, 2.24) is 29.7 Å². The molecule has 2 saturated heterocycles. The van der Waals surface area contributed by atoms with E-state index in [9.17, 15) is 14.7 Å². The van der Waals surface area contributed by atoms with Gasteiger partial charge in [-0.15, -0.1) is 0 Å². The summed E-state index contributed by atoms with van der Waals surface area (Å²) in [7, 11) is 0. The minimum atomic E-state index is -0.947. The average molecular weight is 751 g/mol. The zero-order valence-electron chi connectivity index (χ0n) is 32.9. The molecule has 3 N–H and O–H groups in total. The van der Waals surface area contributed by atoms with E-state index in [-0.39, 0.29) is 29.6 Å². The second-order valence-corrected chi connectivity index (χ2v) is 16.3. The lowest BCUT2D eigenvalue weighted by Crippen LogP contribution is -2.58. The molecular formula is C43H55FN8O3. The quantitative estimate of drug-likeness (QED) is 0.147. The number of rotatable bonds is 10. The molecule has 2 aromatic heterocycles. The lowest BCUT2D eigenvalue weighted by molar-refractivity contribution is -0.135. The Morgan fingerprint density at radius 2 is 1.76 bits per heavy atom. The Bertz CT molecular complexity index is 2090. The van der Waals surface area contributed by atoms with E-state index in [0.29, 0.717) is 73.1 Å². The fourth-order valence-corrected chi connectivity index (χ4v) is 9.51. The number of amides is 2. The number of pyridine rings is 1. The summed E-state index contributed by atoms with van der Waals surface area (Å²) < 4.78 is 17.7. The number of imidazole rings is 1. The highest BCUT2D eigenvalue weighted by Crippen LogP contribution is 2.52. The van der Waals surface area contributed by atoms with Gasteiger partial charge in [0.05, 0.1) is 28.6 Å². The van der Waals surface area contributed by atoms with Crippen molar-refractivity contribution in [2.45, 2.75) is 116 Å². The second-order valence-electron chi connectivity index (χ2n) is 16.3. The van der Waals surface area contributed by atoms with Crippen LogP contribution >= 0.6 is 0 Å². The van der Waals surface area contributed by atoms with E-state index in [1.165, 1.54) is 25.3 Å². The lowest BCUT2D eigenvalue weighted by Gasteiger charge is -2.48. The Morgan fingerprint density at radius 3 is 2.45 bits per heavy atom. The largest absolute Gasteiger partial charge is 0.374 e. The van der Waals surface area contributed by atoms with E-state index < -0.39 is 17.5 Å². The predicted molar refractivity (Wildman–Crippen MR) is 214 cm³/mol. The summed E-state index contributed by atoms with van der Waals surface area (Å²) in [6, 6.07) is 12.0. The SMILES string of the molecule is CCNC(O)c1cc(Nc2nc(-c3ccc4c(c3)N([C@H]3C[C@@H](N5CCCCC5)C3)C(=O)C43CCN(C(=O)CC)CC3)cc3ncn(C(C)C)c23)c(F)cc1C. The van der Waals surface area contributed by atoms with Crippen LogP contribution < -0.4 is 15.5 Å². The predicted octanol–water partition coefficient (Wildman–Crippen LogP) is 7.10. The number of nitrogens with zero attached hydrogens (tertiary/aromatic N) is 6. The number of halogens is 1. The molecule has 8 rings (SSSR count). The topological polar surface area (TPSA) is 119 Å². The molecule has 5 heterocycles. The number of likely N-dealkylation sites (tertiary alicyclic amines) is 2. The smallest absolute Gasteiger partial charge is 0.238 e. The first-order chi connectivity index (χ1) is 26.5. The lowest BCUT2D eigenvalue weighted by atomic mass is 9.73. The number of aliphatic hydroxyl groups excluding tert-OH is 1. The van der Waals surface area contributed by atoms with Crippen molar-refractivity contribution in [3.63, 3.8) is 0 Å². The molecule has 2 amide bonds. The van der Waals surface area contributed by atoms with Gasteiger partial charge in [0, 0.05) is 54.5 Å². The number of aliphatic hydroxyl groups is 1. The first-order valence-corrected chi connectivity index (χ1v) is 20.4. The zero-order valence-corrected chi connectivity index (χ0v) is 32.9. The number of hydrogen-bond donors (Lipinski definition) is 3. The van der Waals surface area contributed by atoms with Crippen molar-refractivity contribution in [3.8, 4) is 11.3 Å². The maximum atomic E-state index is 15.7. The standard InChI is InChI=1S/C43H55FN8O3/c1-6-38(53)50-17-13-43(14-18-50)32-12-11-28(20-37(32)52(42(43)55)30-21-29(22-30)49-15-9-8-10-16-49)34-24-36-39(51(25-46-36)26(3)4)40(47-34)48-35-23-31(41(54)45-7-2)27(5)19-33(35)44/h11-12,19-20,23-26,29-30,41,45,54H,6-10,13-18,21-22H2,1-5H3,(H,47,48)/t29-,30+,41?. The van der Waals surface area contributed by atoms with Crippen LogP contribution in [0, 0.1) is 12.7 Å². The molecule has 3 aliphatic heterocycles. The van der Waals surface area contributed by atoms with Crippen molar-refractivity contribution in [2.75, 3.05) is 42.9 Å². The summed E-state index contributed by atoms with van der Waals surface area (Å²) in [6.07, 6.45) is 8.23. The van der Waals surface area contributed by atoms with Crippen LogP contribution in [0.1, 0.15) is 108 Å². The summed E-state index contributed by atoms with van der Waals surface area (Å²) in [5.41, 5.74) is 5.70. The van der Waals surface area contributed by atoms with Crippen molar-refractivity contribution in [2.24, 2.45) is 0 Å². The summed E-state index contributed by atoms with van der Waals surface area (Å²) in [4.78, 5) is 44.1. The molecule has 4 aromatic rings. The number of aromatic nitrogens is 3. The Hall–Kier alpha value is -4.39. The number of anilines is 3. The Kier molecular flexibility index (Phi) is 10.2. The zero-order chi connectivity index (χ0) is 38.6. The second kappa shape index (κ2) is 14.9. The van der Waals surface area contributed by atoms with Gasteiger partial charge in [0.15, 0.2) is 5.82 Å². The Labute approximate surface area is 323 Å². The van der Waals surface area contributed by atoms with Crippen LogP contribution in [-0.2, 0) is 15.0 Å². The van der Waals surface area contributed by atoms with Gasteiger partial charge in [0.25, 0.3) is 0 Å². The van der Waals surface area contributed by atoms with Crippen molar-refractivity contribution < 1.29 is 19.1 Å². The van der Waals surface area contributed by atoms with Crippen LogP contribution in [0.3, 0.4) is 0 Å². The molecule has 3 fully saturated rings. The third-order valence-electron chi connectivity index (χ3n) is 12.7. The number of carbonyl (C=O) groups excluding carboxylic acids is 2. The molecule has 1 unspecified atom stereocenters. The molecule has 292 valence electrons. The molecule has 11 nitrogen and oxygen atoms in total. The third kappa shape index (κ3) is 6.59. The molecule has 55 heavy (non-hydrogen) atoms. The van der Waals surface area contributed by atoms with Crippen LogP contribution in [0.4, 0.5) is 21.6 Å². The van der Waals surface area contributed by atoms with E-state index in [1.807, 2.05) is 35.4 Å². The van der Waals surface area contributed by atoms with Gasteiger partial charge in [-0.1, -0.05) is 32.4 Å². The third-order valence-corrected chi connectivity index (χ3v) is 12.7. The molecule has 1 saturated carbocycles. The highest BCUT2D eigenvalue weighted by atomic mass is 19.1. The fraction of sp³-hybridized carbons (Fsp3) is 0.535. The molecule has 2 aromatic carbocycles. The molecule has 4 aliphatic rings. The number of hydrogen-bond acceptors (Lipinski definition) is 8. The van der Waals surface area contributed by atoms with Crippen LogP contribution in [0.2, 0.25) is 0 Å². The van der Waals surface area contributed by atoms with Crippen LogP contribution in [0.15, 0.2) is 42.7 Å². The van der Waals surface area contributed by atoms with Gasteiger partial charge in [0.2, 0.25) is 11.8 Å². The van der Waals surface area contributed by atoms with E-state index >= 15 is 4.39 Å². The van der Waals surface area contributed by atoms with E-state index in [0.717, 1.165) is 48.3 Å². The number of aryl methyl sites for hydroxylation is 1. The van der Waals surface area contributed by atoms with Gasteiger partial charge in [-0.3, -0.25) is 14.9 Å². The first kappa shape index (κ1) is 37.5. The van der Waals surface area contributed by atoms with Gasteiger partial charge in [0.1, 0.15) is 17.6 Å². The first-order valence-electron chi connectivity index (χ1n) is 20.4. The Morgan fingerprint density at radius 1 is 1.02 bits per heavy atom. The number of piperidine rings is 2. The van der Waals surface area contributed by atoms with Crippen LogP contribution in [0.25, 0.3) is 22.3 Å². The highest BCUT2D eigenvalue weighted by molar-refractivity contribution is 6.09. The van der Waals surface area contributed by atoms with Crippen molar-refractivity contribution in [1.29, 1.82) is 0 Å². The Balaban J connectivity index is 1.19. The maximum Gasteiger partial charge on any atom is 0.238 e. The molecule has 1 spiro atoms. The number of benzene rings is 2. The molecule has 1 atom stereocenters. The fourth-order valence-electron chi connectivity index (χ4n) is 9.51.